The number of hydrogen-bond acceptors (Lipinski definition) is 8. The van der Waals surface area contributed by atoms with Gasteiger partial charge in [-0.15, -0.1) is 0 Å². The summed E-state index contributed by atoms with van der Waals surface area (Å²) in [5.41, 5.74) is 0.763. The number of carbonyl (C=O) groups is 2. The molecule has 0 N–H and O–H groups in total. The van der Waals surface area contributed by atoms with Crippen LogP contribution in [0.3, 0.4) is 0 Å². The molecule has 0 aliphatic carbocycles. The third-order valence-corrected chi connectivity index (χ3v) is 5.46. The predicted octanol–water partition coefficient (Wildman–Crippen LogP) is 3.99. The number of morpholine rings is 1. The summed E-state index contributed by atoms with van der Waals surface area (Å²) >= 11 is 16.9. The number of amides is 2. The van der Waals surface area contributed by atoms with Crippen molar-refractivity contribution in [1.29, 1.82) is 0 Å². The standard InChI is InChI=1S/C20H20Cl3FN4O6/c21-20(22,23)12-32-18(29)28(17-3-6-33-25-17)11-14-10-27(19(30)34-14)13-1-2-16(15(24)9-13)26-4-7-31-8-5-26/h1-3,6,9,14H,4-5,7-8,10-12H2/t14-/m1/s1. The van der Waals surface area contributed by atoms with E-state index in [9.17, 15) is 14.0 Å². The Labute approximate surface area is 208 Å². The molecule has 2 aromatic rings. The molecule has 1 aromatic heterocycles. The molecule has 14 heteroatoms. The summed E-state index contributed by atoms with van der Waals surface area (Å²) in [4.78, 5) is 29.3. The van der Waals surface area contributed by atoms with E-state index in [1.165, 1.54) is 23.3 Å². The lowest BCUT2D eigenvalue weighted by Gasteiger charge is -2.29. The topological polar surface area (TPSA) is 97.6 Å². The number of rotatable bonds is 6. The van der Waals surface area contributed by atoms with Crippen LogP contribution in [0.25, 0.3) is 0 Å². The Morgan fingerprint density at radius 2 is 2.03 bits per heavy atom. The van der Waals surface area contributed by atoms with Crippen LogP contribution in [0.1, 0.15) is 0 Å². The number of ether oxygens (including phenoxy) is 3. The molecule has 184 valence electrons. The molecular formula is C20H20Cl3FN4O6. The van der Waals surface area contributed by atoms with Gasteiger partial charge in [-0.1, -0.05) is 40.0 Å². The van der Waals surface area contributed by atoms with E-state index in [4.69, 9.17) is 53.5 Å². The van der Waals surface area contributed by atoms with Crippen molar-refractivity contribution < 1.29 is 32.7 Å². The van der Waals surface area contributed by atoms with E-state index in [0.717, 1.165) is 4.90 Å². The zero-order valence-corrected chi connectivity index (χ0v) is 19.9. The van der Waals surface area contributed by atoms with Gasteiger partial charge < -0.3 is 23.6 Å². The molecule has 1 atom stereocenters. The van der Waals surface area contributed by atoms with Gasteiger partial charge in [0, 0.05) is 19.2 Å². The summed E-state index contributed by atoms with van der Waals surface area (Å²) in [6.45, 7) is 1.63. The van der Waals surface area contributed by atoms with Crippen molar-refractivity contribution in [2.45, 2.75) is 9.90 Å². The summed E-state index contributed by atoms with van der Waals surface area (Å²) in [6, 6.07) is 5.96. The normalized spacial score (nSPS) is 18.7. The lowest BCUT2D eigenvalue weighted by atomic mass is 10.2. The number of halogens is 4. The first-order valence-electron chi connectivity index (χ1n) is 10.2. The Hall–Kier alpha value is -2.47. The third kappa shape index (κ3) is 5.96. The van der Waals surface area contributed by atoms with E-state index in [0.29, 0.717) is 37.7 Å². The molecule has 2 amide bonds. The van der Waals surface area contributed by atoms with Gasteiger partial charge in [0.15, 0.2) is 5.82 Å². The first-order valence-corrected chi connectivity index (χ1v) is 11.4. The maximum atomic E-state index is 14.8. The van der Waals surface area contributed by atoms with Gasteiger partial charge >= 0.3 is 12.2 Å². The first-order chi connectivity index (χ1) is 16.2. The smallest absolute Gasteiger partial charge is 0.415 e. The molecule has 2 aliphatic rings. The molecule has 10 nitrogen and oxygen atoms in total. The van der Waals surface area contributed by atoms with Crippen molar-refractivity contribution in [2.75, 3.05) is 60.7 Å². The number of cyclic esters (lactones) is 1. The van der Waals surface area contributed by atoms with Crippen LogP contribution >= 0.6 is 34.8 Å². The number of hydrogen-bond donors (Lipinski definition) is 0. The van der Waals surface area contributed by atoms with Gasteiger partial charge in [-0.25, -0.2) is 14.0 Å². The van der Waals surface area contributed by atoms with Crippen LogP contribution in [0, 0.1) is 5.82 Å². The zero-order valence-electron chi connectivity index (χ0n) is 17.7. The number of nitrogens with zero attached hydrogens (tertiary/aromatic N) is 4. The fraction of sp³-hybridized carbons (Fsp3) is 0.450. The van der Waals surface area contributed by atoms with Gasteiger partial charge in [-0.2, -0.15) is 0 Å². The average molecular weight is 538 g/mol. The van der Waals surface area contributed by atoms with Gasteiger partial charge in [-0.3, -0.25) is 9.80 Å². The second-order valence-electron chi connectivity index (χ2n) is 7.49. The van der Waals surface area contributed by atoms with E-state index in [1.807, 2.05) is 4.90 Å². The van der Waals surface area contributed by atoms with E-state index in [1.54, 1.807) is 12.1 Å². The van der Waals surface area contributed by atoms with Crippen molar-refractivity contribution in [1.82, 2.24) is 5.16 Å². The molecule has 2 fully saturated rings. The van der Waals surface area contributed by atoms with E-state index >= 15 is 0 Å². The van der Waals surface area contributed by atoms with Crippen LogP contribution in [-0.2, 0) is 14.2 Å². The molecule has 2 aliphatic heterocycles. The molecule has 0 unspecified atom stereocenters. The monoisotopic (exact) mass is 536 g/mol. The van der Waals surface area contributed by atoms with Gasteiger partial charge in [0.1, 0.15) is 24.8 Å². The van der Waals surface area contributed by atoms with Gasteiger partial charge in [-0.05, 0) is 18.2 Å². The second kappa shape index (κ2) is 10.4. The van der Waals surface area contributed by atoms with Crippen LogP contribution in [-0.4, -0.2) is 73.2 Å². The van der Waals surface area contributed by atoms with E-state index < -0.39 is 34.5 Å². The van der Waals surface area contributed by atoms with E-state index in [-0.39, 0.29) is 18.9 Å². The van der Waals surface area contributed by atoms with Crippen LogP contribution in [0.5, 0.6) is 0 Å². The number of alkyl halides is 3. The summed E-state index contributed by atoms with van der Waals surface area (Å²) in [6.07, 6.45) is -1.07. The van der Waals surface area contributed by atoms with Crippen LogP contribution in [0.15, 0.2) is 35.1 Å². The van der Waals surface area contributed by atoms with Crippen molar-refractivity contribution >= 4 is 64.2 Å². The summed E-state index contributed by atoms with van der Waals surface area (Å²) < 4.78 is 33.5. The molecule has 0 bridgehead atoms. The lowest BCUT2D eigenvalue weighted by Crippen LogP contribution is -2.40. The molecule has 2 saturated heterocycles. The van der Waals surface area contributed by atoms with Crippen LogP contribution in [0.2, 0.25) is 0 Å². The van der Waals surface area contributed by atoms with Gasteiger partial charge in [0.25, 0.3) is 0 Å². The largest absolute Gasteiger partial charge is 0.445 e. The summed E-state index contributed by atoms with van der Waals surface area (Å²) in [5.74, 6) is -0.347. The van der Waals surface area contributed by atoms with Gasteiger partial charge in [0.2, 0.25) is 3.79 Å². The minimum atomic E-state index is -1.81. The Morgan fingerprint density at radius 1 is 1.26 bits per heavy atom. The minimum absolute atomic E-state index is 0.0568. The number of benzene rings is 1. The summed E-state index contributed by atoms with van der Waals surface area (Å²) in [5, 5.41) is 3.72. The molecule has 1 aromatic carbocycles. The molecular weight excluding hydrogens is 518 g/mol. The minimum Gasteiger partial charge on any atom is -0.445 e. The fourth-order valence-electron chi connectivity index (χ4n) is 3.58. The second-order valence-corrected chi connectivity index (χ2v) is 10.0. The highest BCUT2D eigenvalue weighted by Gasteiger charge is 2.37. The number of anilines is 3. The Kier molecular flexibility index (Phi) is 7.56. The number of aromatic nitrogens is 1. The van der Waals surface area contributed by atoms with Crippen molar-refractivity contribution in [3.8, 4) is 0 Å². The Bertz CT molecular complexity index is 1020. The SMILES string of the molecule is O=C1O[C@@H](CN(C(=O)OCC(Cl)(Cl)Cl)c2ccon2)CN1c1ccc(N2CCOCC2)c(F)c1. The first kappa shape index (κ1) is 24.6. The van der Waals surface area contributed by atoms with Gasteiger partial charge in [0.05, 0.1) is 37.7 Å². The molecule has 0 spiro atoms. The van der Waals surface area contributed by atoms with Crippen LogP contribution < -0.4 is 14.7 Å². The highest BCUT2D eigenvalue weighted by Crippen LogP contribution is 2.30. The van der Waals surface area contributed by atoms with Crippen molar-refractivity contribution in [3.63, 3.8) is 0 Å². The van der Waals surface area contributed by atoms with Crippen LogP contribution in [0.4, 0.5) is 31.2 Å². The molecule has 34 heavy (non-hydrogen) atoms. The summed E-state index contributed by atoms with van der Waals surface area (Å²) in [7, 11) is 0. The maximum Gasteiger partial charge on any atom is 0.415 e. The quantitative estimate of drug-likeness (QED) is 0.510. The number of carbonyl (C=O) groups excluding carboxylic acids is 2. The molecule has 4 rings (SSSR count). The fourth-order valence-corrected chi connectivity index (χ4v) is 3.75. The molecule has 0 radical (unpaired) electrons. The highest BCUT2D eigenvalue weighted by molar-refractivity contribution is 6.67. The molecule has 0 saturated carbocycles. The average Bonchev–Trinajstić information content (AvgIpc) is 3.45. The highest BCUT2D eigenvalue weighted by atomic mass is 35.6. The Balaban J connectivity index is 1.44. The Morgan fingerprint density at radius 3 is 2.68 bits per heavy atom. The molecule has 3 heterocycles. The van der Waals surface area contributed by atoms with Crippen molar-refractivity contribution in [3.05, 3.63) is 36.3 Å². The van der Waals surface area contributed by atoms with Crippen molar-refractivity contribution in [2.24, 2.45) is 0 Å². The zero-order chi connectivity index (χ0) is 24.3. The van der Waals surface area contributed by atoms with E-state index in [2.05, 4.69) is 5.16 Å². The predicted molar refractivity (Wildman–Crippen MR) is 123 cm³/mol. The third-order valence-electron chi connectivity index (χ3n) is 5.14. The lowest BCUT2D eigenvalue weighted by molar-refractivity contribution is 0.122. The maximum absolute atomic E-state index is 14.8.